The van der Waals surface area contributed by atoms with Gasteiger partial charge in [0.1, 0.15) is 0 Å². The Hall–Kier alpha value is -2.18. The average molecular weight is 346 g/mol. The van der Waals surface area contributed by atoms with Crippen LogP contribution in [0.25, 0.3) is 0 Å². The molecule has 0 aliphatic carbocycles. The van der Waals surface area contributed by atoms with Crippen LogP contribution in [-0.2, 0) is 20.2 Å². The number of anilines is 1. The number of amides is 1. The highest BCUT2D eigenvalue weighted by Crippen LogP contribution is 2.25. The molecule has 0 atom stereocenters. The van der Waals surface area contributed by atoms with E-state index in [-0.39, 0.29) is 10.8 Å². The second kappa shape index (κ2) is 6.75. The van der Waals surface area contributed by atoms with Gasteiger partial charge in [-0.25, -0.2) is 12.7 Å². The van der Waals surface area contributed by atoms with E-state index in [1.807, 2.05) is 44.2 Å². The molecule has 2 aromatic rings. The second-order valence-corrected chi connectivity index (χ2v) is 8.41. The van der Waals surface area contributed by atoms with Crippen molar-refractivity contribution in [3.63, 3.8) is 0 Å². The van der Waals surface area contributed by atoms with Crippen molar-refractivity contribution in [3.05, 3.63) is 60.2 Å². The van der Waals surface area contributed by atoms with Gasteiger partial charge < -0.3 is 5.32 Å². The lowest BCUT2D eigenvalue weighted by atomic mass is 9.83. The van der Waals surface area contributed by atoms with Crippen molar-refractivity contribution < 1.29 is 13.2 Å². The fourth-order valence-corrected chi connectivity index (χ4v) is 3.10. The third kappa shape index (κ3) is 3.66. The molecule has 0 unspecified atom stereocenters. The van der Waals surface area contributed by atoms with Crippen molar-refractivity contribution in [3.8, 4) is 0 Å². The first kappa shape index (κ1) is 18.2. The minimum Gasteiger partial charge on any atom is -0.325 e. The van der Waals surface area contributed by atoms with Gasteiger partial charge in [-0.3, -0.25) is 4.79 Å². The van der Waals surface area contributed by atoms with E-state index in [0.29, 0.717) is 5.69 Å². The van der Waals surface area contributed by atoms with Crippen LogP contribution in [-0.4, -0.2) is 32.7 Å². The minimum absolute atomic E-state index is 0.156. The van der Waals surface area contributed by atoms with Crippen molar-refractivity contribution in [1.29, 1.82) is 0 Å². The van der Waals surface area contributed by atoms with Crippen molar-refractivity contribution in [2.24, 2.45) is 0 Å². The summed E-state index contributed by atoms with van der Waals surface area (Å²) in [6.45, 7) is 3.70. The van der Waals surface area contributed by atoms with Crippen molar-refractivity contribution in [1.82, 2.24) is 4.31 Å². The summed E-state index contributed by atoms with van der Waals surface area (Å²) in [6, 6.07) is 15.7. The van der Waals surface area contributed by atoms with Gasteiger partial charge in [0.15, 0.2) is 0 Å². The molecule has 0 aromatic heterocycles. The van der Waals surface area contributed by atoms with E-state index in [4.69, 9.17) is 0 Å². The van der Waals surface area contributed by atoms with Crippen LogP contribution < -0.4 is 5.32 Å². The Morgan fingerprint density at radius 3 is 2.00 bits per heavy atom. The zero-order chi connectivity index (χ0) is 18.0. The molecule has 0 spiro atoms. The highest BCUT2D eigenvalue weighted by atomic mass is 32.2. The van der Waals surface area contributed by atoms with E-state index in [2.05, 4.69) is 5.32 Å². The van der Waals surface area contributed by atoms with E-state index >= 15 is 0 Å². The lowest BCUT2D eigenvalue weighted by Gasteiger charge is -2.24. The third-order valence-electron chi connectivity index (χ3n) is 3.95. The Morgan fingerprint density at radius 2 is 1.50 bits per heavy atom. The number of hydrogen-bond donors (Lipinski definition) is 1. The van der Waals surface area contributed by atoms with Gasteiger partial charge in [0.25, 0.3) is 0 Å². The monoisotopic (exact) mass is 346 g/mol. The summed E-state index contributed by atoms with van der Waals surface area (Å²) in [4.78, 5) is 12.8. The SMILES string of the molecule is CN(C)S(=O)(=O)c1ccc(NC(=O)C(C)(C)c2ccccc2)cc1. The van der Waals surface area contributed by atoms with Gasteiger partial charge in [0, 0.05) is 19.8 Å². The Kier molecular flexibility index (Phi) is 5.11. The van der Waals surface area contributed by atoms with Crippen LogP contribution in [0.1, 0.15) is 19.4 Å². The number of nitrogens with one attached hydrogen (secondary N) is 1. The number of benzene rings is 2. The number of nitrogens with zero attached hydrogens (tertiary/aromatic N) is 1. The molecule has 0 radical (unpaired) electrons. The summed E-state index contributed by atoms with van der Waals surface area (Å²) >= 11 is 0. The van der Waals surface area contributed by atoms with E-state index < -0.39 is 15.4 Å². The Labute approximate surface area is 143 Å². The van der Waals surface area contributed by atoms with Crippen molar-refractivity contribution in [2.45, 2.75) is 24.2 Å². The molecule has 0 fully saturated rings. The first-order valence-electron chi connectivity index (χ1n) is 7.55. The predicted octanol–water partition coefficient (Wildman–Crippen LogP) is 2.85. The summed E-state index contributed by atoms with van der Waals surface area (Å²) in [5.74, 6) is -0.156. The van der Waals surface area contributed by atoms with Gasteiger partial charge in [-0.05, 0) is 43.7 Å². The number of hydrogen-bond acceptors (Lipinski definition) is 3. The molecule has 2 rings (SSSR count). The fourth-order valence-electron chi connectivity index (χ4n) is 2.19. The van der Waals surface area contributed by atoms with Gasteiger partial charge in [0.05, 0.1) is 10.3 Å². The van der Waals surface area contributed by atoms with Crippen LogP contribution in [0.15, 0.2) is 59.5 Å². The molecule has 128 valence electrons. The third-order valence-corrected chi connectivity index (χ3v) is 5.78. The molecule has 0 heterocycles. The number of carbonyl (C=O) groups is 1. The summed E-state index contributed by atoms with van der Waals surface area (Å²) in [5.41, 5.74) is 0.770. The maximum Gasteiger partial charge on any atom is 0.242 e. The number of rotatable bonds is 5. The molecule has 5 nitrogen and oxygen atoms in total. The zero-order valence-corrected chi connectivity index (χ0v) is 15.1. The van der Waals surface area contributed by atoms with Gasteiger partial charge in [-0.1, -0.05) is 30.3 Å². The molecule has 1 N–H and O–H groups in total. The number of carbonyl (C=O) groups excluding carboxylic acids is 1. The topological polar surface area (TPSA) is 66.5 Å². The van der Waals surface area contributed by atoms with Gasteiger partial charge in [-0.15, -0.1) is 0 Å². The van der Waals surface area contributed by atoms with E-state index in [1.165, 1.54) is 26.2 Å². The summed E-state index contributed by atoms with van der Waals surface area (Å²) in [6.07, 6.45) is 0. The van der Waals surface area contributed by atoms with Crippen LogP contribution >= 0.6 is 0 Å². The van der Waals surface area contributed by atoms with E-state index in [0.717, 1.165) is 9.87 Å². The first-order valence-corrected chi connectivity index (χ1v) is 8.99. The zero-order valence-electron chi connectivity index (χ0n) is 14.3. The summed E-state index contributed by atoms with van der Waals surface area (Å²) in [5, 5.41) is 2.84. The molecule has 0 saturated carbocycles. The quantitative estimate of drug-likeness (QED) is 0.905. The smallest absolute Gasteiger partial charge is 0.242 e. The second-order valence-electron chi connectivity index (χ2n) is 6.26. The standard InChI is InChI=1S/C18H22N2O3S/c1-18(2,14-8-6-5-7-9-14)17(21)19-15-10-12-16(13-11-15)24(22,23)20(3)4/h5-13H,1-4H3,(H,19,21). The Bertz CT molecular complexity index is 811. The largest absolute Gasteiger partial charge is 0.325 e. The molecule has 0 aliphatic rings. The Balaban J connectivity index is 2.19. The van der Waals surface area contributed by atoms with Crippen LogP contribution in [0.3, 0.4) is 0 Å². The van der Waals surface area contributed by atoms with Crippen LogP contribution in [0, 0.1) is 0 Å². The van der Waals surface area contributed by atoms with Gasteiger partial charge >= 0.3 is 0 Å². The van der Waals surface area contributed by atoms with E-state index in [1.54, 1.807) is 12.1 Å². The molecular formula is C18H22N2O3S. The molecule has 0 saturated heterocycles. The number of sulfonamides is 1. The Morgan fingerprint density at radius 1 is 0.958 bits per heavy atom. The molecular weight excluding hydrogens is 324 g/mol. The lowest BCUT2D eigenvalue weighted by molar-refractivity contribution is -0.120. The molecule has 0 aliphatic heterocycles. The maximum atomic E-state index is 12.6. The average Bonchev–Trinajstić information content (AvgIpc) is 2.56. The highest BCUT2D eigenvalue weighted by Gasteiger charge is 2.29. The van der Waals surface area contributed by atoms with Crippen molar-refractivity contribution >= 4 is 21.6 Å². The molecule has 6 heteroatoms. The summed E-state index contributed by atoms with van der Waals surface area (Å²) in [7, 11) is -0.514. The van der Waals surface area contributed by atoms with Crippen LogP contribution in [0.5, 0.6) is 0 Å². The van der Waals surface area contributed by atoms with Crippen molar-refractivity contribution in [2.75, 3.05) is 19.4 Å². The molecule has 2 aromatic carbocycles. The lowest BCUT2D eigenvalue weighted by Crippen LogP contribution is -2.34. The molecule has 0 bridgehead atoms. The first-order chi connectivity index (χ1) is 11.2. The normalized spacial score (nSPS) is 12.2. The van der Waals surface area contributed by atoms with Crippen LogP contribution in [0.2, 0.25) is 0 Å². The molecule has 1 amide bonds. The van der Waals surface area contributed by atoms with Crippen LogP contribution in [0.4, 0.5) is 5.69 Å². The van der Waals surface area contributed by atoms with E-state index in [9.17, 15) is 13.2 Å². The van der Waals surface area contributed by atoms with Gasteiger partial charge in [-0.2, -0.15) is 0 Å². The van der Waals surface area contributed by atoms with Gasteiger partial charge in [0.2, 0.25) is 15.9 Å². The highest BCUT2D eigenvalue weighted by molar-refractivity contribution is 7.89. The summed E-state index contributed by atoms with van der Waals surface area (Å²) < 4.78 is 25.2. The molecule has 24 heavy (non-hydrogen) atoms. The predicted molar refractivity (Wildman–Crippen MR) is 95.4 cm³/mol. The maximum absolute atomic E-state index is 12.6. The fraction of sp³-hybridized carbons (Fsp3) is 0.278. The minimum atomic E-state index is -3.47.